The summed E-state index contributed by atoms with van der Waals surface area (Å²) in [5, 5.41) is 10.2. The number of amides is 2. The Bertz CT molecular complexity index is 525. The summed E-state index contributed by atoms with van der Waals surface area (Å²) in [6.07, 6.45) is 11.1. The maximum Gasteiger partial charge on any atom is 0.315 e. The van der Waals surface area contributed by atoms with Gasteiger partial charge in [-0.25, -0.2) is 4.79 Å². The Labute approximate surface area is 129 Å². The molecule has 0 aliphatic heterocycles. The van der Waals surface area contributed by atoms with Gasteiger partial charge in [0.25, 0.3) is 0 Å². The predicted molar refractivity (Wildman–Crippen MR) is 82.5 cm³/mol. The summed E-state index contributed by atoms with van der Waals surface area (Å²) in [5.74, 6) is 0.779. The Balaban J connectivity index is 1.56. The summed E-state index contributed by atoms with van der Waals surface area (Å²) < 4.78 is 7.26. The van der Waals surface area contributed by atoms with Crippen LogP contribution >= 0.6 is 0 Å². The Morgan fingerprint density at radius 3 is 2.91 bits per heavy atom. The molecular formula is C16H22N4O2. The summed E-state index contributed by atoms with van der Waals surface area (Å²) in [5.41, 5.74) is 0. The number of aromatic nitrogens is 2. The number of nitrogens with one attached hydrogen (secondary N) is 2. The lowest BCUT2D eigenvalue weighted by Gasteiger charge is -2.23. The van der Waals surface area contributed by atoms with Crippen LogP contribution in [0, 0.1) is 0 Å². The van der Waals surface area contributed by atoms with Gasteiger partial charge in [0.1, 0.15) is 11.8 Å². The van der Waals surface area contributed by atoms with Gasteiger partial charge in [-0.15, -0.1) is 0 Å². The summed E-state index contributed by atoms with van der Waals surface area (Å²) in [6, 6.07) is 5.65. The van der Waals surface area contributed by atoms with E-state index in [1.807, 2.05) is 24.4 Å². The molecule has 1 atom stereocenters. The highest BCUT2D eigenvalue weighted by molar-refractivity contribution is 5.74. The lowest BCUT2D eigenvalue weighted by Crippen LogP contribution is -2.44. The van der Waals surface area contributed by atoms with Crippen LogP contribution in [0.1, 0.15) is 43.9 Å². The highest BCUT2D eigenvalue weighted by Crippen LogP contribution is 2.18. The second kappa shape index (κ2) is 7.15. The SMILES string of the molecule is O=C(NCC(c1ccco1)n1cccn1)NC1CCCCC1. The minimum absolute atomic E-state index is 0.115. The van der Waals surface area contributed by atoms with Crippen molar-refractivity contribution in [1.29, 1.82) is 0 Å². The molecule has 0 aromatic carbocycles. The Morgan fingerprint density at radius 2 is 2.23 bits per heavy atom. The standard InChI is InChI=1S/C16H22N4O2/c21-16(19-13-6-2-1-3-7-13)17-12-14(15-8-4-11-22-15)20-10-5-9-18-20/h4-5,8-11,13-14H,1-3,6-7,12H2,(H2,17,19,21). The third-order valence-corrected chi connectivity index (χ3v) is 4.11. The van der Waals surface area contributed by atoms with Gasteiger partial charge in [-0.2, -0.15) is 5.10 Å². The maximum atomic E-state index is 12.1. The molecule has 1 unspecified atom stereocenters. The number of carbonyl (C=O) groups excluding carboxylic acids is 1. The zero-order valence-corrected chi connectivity index (χ0v) is 12.6. The Morgan fingerprint density at radius 1 is 1.36 bits per heavy atom. The molecule has 22 heavy (non-hydrogen) atoms. The van der Waals surface area contributed by atoms with Gasteiger partial charge in [-0.3, -0.25) is 4.68 Å². The van der Waals surface area contributed by atoms with Crippen LogP contribution in [0.3, 0.4) is 0 Å². The molecule has 1 fully saturated rings. The molecule has 6 nitrogen and oxygen atoms in total. The minimum atomic E-state index is -0.137. The molecule has 0 saturated heterocycles. The molecule has 0 spiro atoms. The fourth-order valence-electron chi connectivity index (χ4n) is 2.94. The smallest absolute Gasteiger partial charge is 0.315 e. The highest BCUT2D eigenvalue weighted by atomic mass is 16.3. The van der Waals surface area contributed by atoms with Crippen molar-refractivity contribution in [2.75, 3.05) is 6.54 Å². The zero-order valence-electron chi connectivity index (χ0n) is 12.6. The third kappa shape index (κ3) is 3.69. The van der Waals surface area contributed by atoms with Gasteiger partial charge >= 0.3 is 6.03 Å². The van der Waals surface area contributed by atoms with Crippen LogP contribution in [0.2, 0.25) is 0 Å². The highest BCUT2D eigenvalue weighted by Gasteiger charge is 2.19. The van der Waals surface area contributed by atoms with E-state index >= 15 is 0 Å². The topological polar surface area (TPSA) is 72.1 Å². The Kier molecular flexibility index (Phi) is 4.78. The van der Waals surface area contributed by atoms with E-state index in [0.717, 1.165) is 18.6 Å². The van der Waals surface area contributed by atoms with Gasteiger partial charge < -0.3 is 15.1 Å². The van der Waals surface area contributed by atoms with Crippen molar-refractivity contribution < 1.29 is 9.21 Å². The van der Waals surface area contributed by atoms with Gasteiger partial charge in [0, 0.05) is 25.0 Å². The van der Waals surface area contributed by atoms with E-state index < -0.39 is 0 Å². The van der Waals surface area contributed by atoms with Crippen molar-refractivity contribution in [2.45, 2.75) is 44.2 Å². The average molecular weight is 302 g/mol. The molecule has 2 amide bonds. The maximum absolute atomic E-state index is 12.1. The fraction of sp³-hybridized carbons (Fsp3) is 0.500. The van der Waals surface area contributed by atoms with Gasteiger partial charge in [0.15, 0.2) is 0 Å². The zero-order chi connectivity index (χ0) is 15.2. The molecule has 3 rings (SSSR count). The lowest BCUT2D eigenvalue weighted by molar-refractivity contribution is 0.230. The molecule has 2 aromatic rings. The van der Waals surface area contributed by atoms with Crippen molar-refractivity contribution >= 4 is 6.03 Å². The van der Waals surface area contributed by atoms with Crippen molar-refractivity contribution in [3.8, 4) is 0 Å². The van der Waals surface area contributed by atoms with Crippen molar-refractivity contribution in [1.82, 2.24) is 20.4 Å². The first-order valence-corrected chi connectivity index (χ1v) is 7.90. The van der Waals surface area contributed by atoms with E-state index in [1.165, 1.54) is 19.3 Å². The molecule has 118 valence electrons. The van der Waals surface area contributed by atoms with E-state index in [-0.39, 0.29) is 12.1 Å². The molecule has 1 saturated carbocycles. The van der Waals surface area contributed by atoms with Crippen LogP contribution < -0.4 is 10.6 Å². The van der Waals surface area contributed by atoms with Crippen LogP contribution in [0.15, 0.2) is 41.3 Å². The molecule has 2 aromatic heterocycles. The largest absolute Gasteiger partial charge is 0.467 e. The number of carbonyl (C=O) groups is 1. The first-order valence-electron chi connectivity index (χ1n) is 7.90. The predicted octanol–water partition coefficient (Wildman–Crippen LogP) is 2.70. The second-order valence-corrected chi connectivity index (χ2v) is 5.71. The number of rotatable bonds is 5. The van der Waals surface area contributed by atoms with E-state index in [9.17, 15) is 4.79 Å². The second-order valence-electron chi connectivity index (χ2n) is 5.71. The fourth-order valence-corrected chi connectivity index (χ4v) is 2.94. The monoisotopic (exact) mass is 302 g/mol. The van der Waals surface area contributed by atoms with Crippen LogP contribution in [0.25, 0.3) is 0 Å². The van der Waals surface area contributed by atoms with Crippen molar-refractivity contribution in [2.24, 2.45) is 0 Å². The van der Waals surface area contributed by atoms with E-state index in [2.05, 4.69) is 15.7 Å². The molecule has 1 aliphatic carbocycles. The first kappa shape index (κ1) is 14.7. The van der Waals surface area contributed by atoms with E-state index in [0.29, 0.717) is 12.6 Å². The van der Waals surface area contributed by atoms with Crippen molar-refractivity contribution in [3.63, 3.8) is 0 Å². The third-order valence-electron chi connectivity index (χ3n) is 4.11. The molecule has 2 N–H and O–H groups in total. The number of urea groups is 1. The Hall–Kier alpha value is -2.24. The molecule has 0 bridgehead atoms. The van der Waals surface area contributed by atoms with Crippen LogP contribution in [0.4, 0.5) is 4.79 Å². The van der Waals surface area contributed by atoms with Gasteiger partial charge in [-0.1, -0.05) is 19.3 Å². The van der Waals surface area contributed by atoms with Gasteiger partial charge in [0.2, 0.25) is 0 Å². The first-order chi connectivity index (χ1) is 10.8. The normalized spacial score (nSPS) is 17.1. The lowest BCUT2D eigenvalue weighted by atomic mass is 9.96. The minimum Gasteiger partial charge on any atom is -0.467 e. The number of hydrogen-bond acceptors (Lipinski definition) is 3. The molecule has 1 aliphatic rings. The van der Waals surface area contributed by atoms with Gasteiger partial charge in [-0.05, 0) is 31.0 Å². The summed E-state index contributed by atoms with van der Waals surface area (Å²) in [7, 11) is 0. The van der Waals surface area contributed by atoms with Gasteiger partial charge in [0.05, 0.1) is 6.26 Å². The van der Waals surface area contributed by atoms with E-state index in [4.69, 9.17) is 4.42 Å². The average Bonchev–Trinajstić information content (AvgIpc) is 3.22. The molecule has 0 radical (unpaired) electrons. The van der Waals surface area contributed by atoms with Crippen molar-refractivity contribution in [3.05, 3.63) is 42.6 Å². The molecule has 6 heteroatoms. The quantitative estimate of drug-likeness (QED) is 0.892. The van der Waals surface area contributed by atoms with Crippen LogP contribution in [0.5, 0.6) is 0 Å². The summed E-state index contributed by atoms with van der Waals surface area (Å²) >= 11 is 0. The number of hydrogen-bond donors (Lipinski definition) is 2. The molecular weight excluding hydrogens is 280 g/mol. The number of furan rings is 1. The molecule has 2 heterocycles. The summed E-state index contributed by atoms with van der Waals surface area (Å²) in [6.45, 7) is 0.438. The number of nitrogens with zero attached hydrogens (tertiary/aromatic N) is 2. The van der Waals surface area contributed by atoms with Crippen LogP contribution in [-0.2, 0) is 0 Å². The van der Waals surface area contributed by atoms with Crippen LogP contribution in [-0.4, -0.2) is 28.4 Å². The van der Waals surface area contributed by atoms with E-state index in [1.54, 1.807) is 17.1 Å². The summed E-state index contributed by atoms with van der Waals surface area (Å²) in [4.78, 5) is 12.1.